The lowest BCUT2D eigenvalue weighted by Crippen LogP contribution is -2.45. The van der Waals surface area contributed by atoms with Crippen LogP contribution in [0, 0.1) is 0 Å². The number of hydrogen-bond acceptors (Lipinski definition) is 3. The largest absolute Gasteiger partial charge is 0.330 e. The van der Waals surface area contributed by atoms with Gasteiger partial charge >= 0.3 is 0 Å². The minimum absolute atomic E-state index is 0.720. The van der Waals surface area contributed by atoms with Crippen LogP contribution in [0.1, 0.15) is 26.2 Å². The number of piperidine rings is 1. The number of rotatable bonds is 4. The van der Waals surface area contributed by atoms with E-state index in [0.29, 0.717) is 0 Å². The Balaban J connectivity index is 2.14. The van der Waals surface area contributed by atoms with Crippen molar-refractivity contribution in [2.24, 2.45) is 5.73 Å². The van der Waals surface area contributed by atoms with E-state index in [1.807, 2.05) is 0 Å². The van der Waals surface area contributed by atoms with E-state index in [4.69, 9.17) is 5.73 Å². The van der Waals surface area contributed by atoms with E-state index in [2.05, 4.69) is 24.2 Å². The van der Waals surface area contributed by atoms with Gasteiger partial charge in [0, 0.05) is 12.1 Å². The van der Waals surface area contributed by atoms with Crippen LogP contribution in [0.25, 0.3) is 0 Å². The Morgan fingerprint density at radius 2 is 2.31 bits per heavy atom. The topological polar surface area (TPSA) is 41.3 Å². The molecule has 0 aromatic heterocycles. The quantitative estimate of drug-likeness (QED) is 0.623. The fourth-order valence-electron chi connectivity index (χ4n) is 1.88. The molecular weight excluding hydrogens is 162 g/mol. The second-order valence-corrected chi connectivity index (χ2v) is 4.15. The SMILES string of the molecule is CC1CC(NCCCN)CCN1C. The number of nitrogens with zero attached hydrogens (tertiary/aromatic N) is 1. The Hall–Kier alpha value is -0.120. The average molecular weight is 185 g/mol. The van der Waals surface area contributed by atoms with E-state index in [0.717, 1.165) is 31.6 Å². The normalized spacial score (nSPS) is 30.7. The van der Waals surface area contributed by atoms with Crippen molar-refractivity contribution in [3.05, 3.63) is 0 Å². The standard InChI is InChI=1S/C10H23N3/c1-9-8-10(4-7-13(9)2)12-6-3-5-11/h9-10,12H,3-8,11H2,1-2H3. The minimum Gasteiger partial charge on any atom is -0.330 e. The lowest BCUT2D eigenvalue weighted by atomic mass is 9.99. The third kappa shape index (κ3) is 3.63. The van der Waals surface area contributed by atoms with Gasteiger partial charge in [0.1, 0.15) is 0 Å². The van der Waals surface area contributed by atoms with Gasteiger partial charge in [-0.25, -0.2) is 0 Å². The first kappa shape index (κ1) is 11.0. The Morgan fingerprint density at radius 3 is 2.92 bits per heavy atom. The van der Waals surface area contributed by atoms with E-state index < -0.39 is 0 Å². The molecule has 0 aromatic rings. The van der Waals surface area contributed by atoms with Gasteiger partial charge in [0.25, 0.3) is 0 Å². The van der Waals surface area contributed by atoms with Gasteiger partial charge < -0.3 is 16.0 Å². The summed E-state index contributed by atoms with van der Waals surface area (Å²) in [4.78, 5) is 2.43. The van der Waals surface area contributed by atoms with Crippen LogP contribution in [-0.2, 0) is 0 Å². The lowest BCUT2D eigenvalue weighted by Gasteiger charge is -2.35. The molecule has 1 aliphatic heterocycles. The predicted octanol–water partition coefficient (Wildman–Crippen LogP) is 0.408. The van der Waals surface area contributed by atoms with Gasteiger partial charge in [-0.2, -0.15) is 0 Å². The van der Waals surface area contributed by atoms with Crippen molar-refractivity contribution >= 4 is 0 Å². The van der Waals surface area contributed by atoms with Crippen molar-refractivity contribution in [1.29, 1.82) is 0 Å². The van der Waals surface area contributed by atoms with Gasteiger partial charge in [-0.15, -0.1) is 0 Å². The molecule has 0 aliphatic carbocycles. The summed E-state index contributed by atoms with van der Waals surface area (Å²) in [7, 11) is 2.21. The molecule has 3 nitrogen and oxygen atoms in total. The van der Waals surface area contributed by atoms with E-state index in [1.165, 1.54) is 19.4 Å². The highest BCUT2D eigenvalue weighted by molar-refractivity contribution is 4.80. The van der Waals surface area contributed by atoms with Crippen molar-refractivity contribution in [3.63, 3.8) is 0 Å². The molecule has 1 rings (SSSR count). The molecule has 1 saturated heterocycles. The predicted molar refractivity (Wildman–Crippen MR) is 56.8 cm³/mol. The van der Waals surface area contributed by atoms with Crippen LogP contribution in [0.4, 0.5) is 0 Å². The summed E-state index contributed by atoms with van der Waals surface area (Å²) < 4.78 is 0. The van der Waals surface area contributed by atoms with Crippen LogP contribution in [0.15, 0.2) is 0 Å². The second kappa shape index (κ2) is 5.58. The molecule has 13 heavy (non-hydrogen) atoms. The van der Waals surface area contributed by atoms with Crippen LogP contribution >= 0.6 is 0 Å². The molecule has 1 aliphatic rings. The van der Waals surface area contributed by atoms with Gasteiger partial charge in [-0.3, -0.25) is 0 Å². The first-order chi connectivity index (χ1) is 6.24. The molecule has 2 atom stereocenters. The number of nitrogens with one attached hydrogen (secondary N) is 1. The number of likely N-dealkylation sites (tertiary alicyclic amines) is 1. The van der Waals surface area contributed by atoms with Crippen molar-refractivity contribution in [3.8, 4) is 0 Å². The second-order valence-electron chi connectivity index (χ2n) is 4.15. The summed E-state index contributed by atoms with van der Waals surface area (Å²) in [5.74, 6) is 0. The Bertz CT molecular complexity index is 138. The van der Waals surface area contributed by atoms with Gasteiger partial charge in [-0.05, 0) is 52.9 Å². The Morgan fingerprint density at radius 1 is 1.54 bits per heavy atom. The van der Waals surface area contributed by atoms with E-state index in [-0.39, 0.29) is 0 Å². The van der Waals surface area contributed by atoms with Crippen molar-refractivity contribution < 1.29 is 0 Å². The summed E-state index contributed by atoms with van der Waals surface area (Å²) in [5.41, 5.74) is 5.45. The highest BCUT2D eigenvalue weighted by Crippen LogP contribution is 2.14. The molecule has 0 radical (unpaired) electrons. The monoisotopic (exact) mass is 185 g/mol. The summed E-state index contributed by atoms with van der Waals surface area (Å²) >= 11 is 0. The average Bonchev–Trinajstić information content (AvgIpc) is 2.12. The molecule has 1 heterocycles. The molecule has 78 valence electrons. The molecule has 0 aromatic carbocycles. The van der Waals surface area contributed by atoms with Gasteiger partial charge in [0.2, 0.25) is 0 Å². The molecule has 3 N–H and O–H groups in total. The zero-order chi connectivity index (χ0) is 9.68. The van der Waals surface area contributed by atoms with Crippen LogP contribution in [0.3, 0.4) is 0 Å². The fraction of sp³-hybridized carbons (Fsp3) is 1.00. The zero-order valence-electron chi connectivity index (χ0n) is 8.92. The maximum atomic E-state index is 5.45. The maximum absolute atomic E-state index is 5.45. The van der Waals surface area contributed by atoms with Gasteiger partial charge in [0.05, 0.1) is 0 Å². The maximum Gasteiger partial charge on any atom is 0.00940 e. The highest BCUT2D eigenvalue weighted by atomic mass is 15.1. The smallest absolute Gasteiger partial charge is 0.00940 e. The molecule has 0 saturated carbocycles. The molecule has 0 spiro atoms. The van der Waals surface area contributed by atoms with Crippen LogP contribution in [0.2, 0.25) is 0 Å². The van der Waals surface area contributed by atoms with Gasteiger partial charge in [0.15, 0.2) is 0 Å². The fourth-order valence-corrected chi connectivity index (χ4v) is 1.88. The summed E-state index contributed by atoms with van der Waals surface area (Å²) in [6, 6.07) is 1.45. The number of hydrogen-bond donors (Lipinski definition) is 2. The first-order valence-corrected chi connectivity index (χ1v) is 5.37. The van der Waals surface area contributed by atoms with Crippen LogP contribution in [0.5, 0.6) is 0 Å². The van der Waals surface area contributed by atoms with Crippen molar-refractivity contribution in [2.45, 2.75) is 38.3 Å². The minimum atomic E-state index is 0.720. The van der Waals surface area contributed by atoms with E-state index in [9.17, 15) is 0 Å². The molecule has 0 amide bonds. The number of nitrogens with two attached hydrogens (primary N) is 1. The highest BCUT2D eigenvalue weighted by Gasteiger charge is 2.21. The lowest BCUT2D eigenvalue weighted by molar-refractivity contribution is 0.169. The van der Waals surface area contributed by atoms with Gasteiger partial charge in [-0.1, -0.05) is 0 Å². The molecular formula is C10H23N3. The van der Waals surface area contributed by atoms with Crippen LogP contribution < -0.4 is 11.1 Å². The summed E-state index contributed by atoms with van der Waals surface area (Å²) in [6.45, 7) is 5.41. The summed E-state index contributed by atoms with van der Waals surface area (Å²) in [5, 5.41) is 3.57. The summed E-state index contributed by atoms with van der Waals surface area (Å²) in [6.07, 6.45) is 3.66. The molecule has 2 unspecified atom stereocenters. The third-order valence-electron chi connectivity index (χ3n) is 3.02. The van der Waals surface area contributed by atoms with Crippen molar-refractivity contribution in [2.75, 3.05) is 26.7 Å². The van der Waals surface area contributed by atoms with Crippen molar-refractivity contribution in [1.82, 2.24) is 10.2 Å². The molecule has 1 fully saturated rings. The Labute approximate surface area is 81.7 Å². The first-order valence-electron chi connectivity index (χ1n) is 5.37. The zero-order valence-corrected chi connectivity index (χ0v) is 8.92. The third-order valence-corrected chi connectivity index (χ3v) is 3.02. The molecule has 3 heteroatoms. The van der Waals surface area contributed by atoms with E-state index >= 15 is 0 Å². The van der Waals surface area contributed by atoms with E-state index in [1.54, 1.807) is 0 Å². The van der Waals surface area contributed by atoms with Crippen LogP contribution in [-0.4, -0.2) is 43.7 Å². The molecule has 0 bridgehead atoms. The Kier molecular flexibility index (Phi) is 4.70.